The minimum atomic E-state index is 0.0309. The number of ketones is 1. The van der Waals surface area contributed by atoms with Crippen LogP contribution in [0.4, 0.5) is 0 Å². The lowest BCUT2D eigenvalue weighted by atomic mass is 10.1. The van der Waals surface area contributed by atoms with Crippen molar-refractivity contribution in [2.45, 2.75) is 38.7 Å². The standard InChI is InChI=1S/C10H16O2/c1-4-5-6-7-10(11)8-9(2)12-3/h1,9H,5-8H2,2-3H3. The van der Waals surface area contributed by atoms with Crippen LogP contribution in [0.3, 0.4) is 0 Å². The fourth-order valence-corrected chi connectivity index (χ4v) is 0.894. The number of hydrogen-bond donors (Lipinski definition) is 0. The Labute approximate surface area is 74.3 Å². The summed E-state index contributed by atoms with van der Waals surface area (Å²) in [7, 11) is 1.61. The summed E-state index contributed by atoms with van der Waals surface area (Å²) in [5.41, 5.74) is 0. The highest BCUT2D eigenvalue weighted by molar-refractivity contribution is 5.78. The maximum absolute atomic E-state index is 11.1. The molecule has 0 radical (unpaired) electrons. The maximum atomic E-state index is 11.1. The van der Waals surface area contributed by atoms with Gasteiger partial charge in [0.25, 0.3) is 0 Å². The average Bonchev–Trinajstić information content (AvgIpc) is 2.05. The van der Waals surface area contributed by atoms with Crippen LogP contribution in [0.5, 0.6) is 0 Å². The van der Waals surface area contributed by atoms with Crippen molar-refractivity contribution >= 4 is 5.78 Å². The van der Waals surface area contributed by atoms with Gasteiger partial charge < -0.3 is 4.74 Å². The Balaban J connectivity index is 3.41. The summed E-state index contributed by atoms with van der Waals surface area (Å²) in [5.74, 6) is 2.74. The van der Waals surface area contributed by atoms with Gasteiger partial charge in [-0.2, -0.15) is 0 Å². The van der Waals surface area contributed by atoms with Crippen LogP contribution in [-0.2, 0) is 9.53 Å². The first kappa shape index (κ1) is 11.2. The normalized spacial score (nSPS) is 12.1. The molecule has 12 heavy (non-hydrogen) atoms. The fourth-order valence-electron chi connectivity index (χ4n) is 0.894. The van der Waals surface area contributed by atoms with Crippen molar-refractivity contribution in [2.75, 3.05) is 7.11 Å². The Morgan fingerprint density at radius 2 is 2.33 bits per heavy atom. The second-order valence-corrected chi connectivity index (χ2v) is 2.85. The van der Waals surface area contributed by atoms with E-state index < -0.39 is 0 Å². The van der Waals surface area contributed by atoms with Gasteiger partial charge in [0.15, 0.2) is 0 Å². The summed E-state index contributed by atoms with van der Waals surface area (Å²) < 4.78 is 4.97. The molecule has 0 N–H and O–H groups in total. The zero-order valence-corrected chi connectivity index (χ0v) is 7.80. The van der Waals surface area contributed by atoms with Crippen molar-refractivity contribution in [2.24, 2.45) is 0 Å². The van der Waals surface area contributed by atoms with Crippen molar-refractivity contribution in [3.63, 3.8) is 0 Å². The predicted molar refractivity (Wildman–Crippen MR) is 48.8 cm³/mol. The van der Waals surface area contributed by atoms with E-state index >= 15 is 0 Å². The van der Waals surface area contributed by atoms with Crippen LogP contribution in [0.15, 0.2) is 0 Å². The molecule has 0 bridgehead atoms. The molecule has 68 valence electrons. The average molecular weight is 168 g/mol. The van der Waals surface area contributed by atoms with Gasteiger partial charge >= 0.3 is 0 Å². The number of Topliss-reactive ketones (excluding diaryl/α,β-unsaturated/α-hetero) is 1. The Hall–Kier alpha value is -0.810. The topological polar surface area (TPSA) is 26.3 Å². The van der Waals surface area contributed by atoms with E-state index in [-0.39, 0.29) is 11.9 Å². The third-order valence-electron chi connectivity index (χ3n) is 1.69. The lowest BCUT2D eigenvalue weighted by Gasteiger charge is -2.06. The number of terminal acetylenes is 1. The van der Waals surface area contributed by atoms with Crippen molar-refractivity contribution in [1.29, 1.82) is 0 Å². The molecule has 2 nitrogen and oxygen atoms in total. The van der Waals surface area contributed by atoms with Crippen LogP contribution in [0, 0.1) is 12.3 Å². The monoisotopic (exact) mass is 168 g/mol. The first-order chi connectivity index (χ1) is 5.70. The number of ether oxygens (including phenoxy) is 1. The first-order valence-electron chi connectivity index (χ1n) is 4.18. The van der Waals surface area contributed by atoms with E-state index in [4.69, 9.17) is 11.2 Å². The molecule has 0 aromatic carbocycles. The predicted octanol–water partition coefficient (Wildman–Crippen LogP) is 1.78. The van der Waals surface area contributed by atoms with Crippen LogP contribution < -0.4 is 0 Å². The summed E-state index contributed by atoms with van der Waals surface area (Å²) in [5, 5.41) is 0. The van der Waals surface area contributed by atoms with Gasteiger partial charge in [-0.1, -0.05) is 0 Å². The van der Waals surface area contributed by atoms with Crippen molar-refractivity contribution in [1.82, 2.24) is 0 Å². The van der Waals surface area contributed by atoms with Gasteiger partial charge in [0, 0.05) is 26.4 Å². The zero-order valence-electron chi connectivity index (χ0n) is 7.80. The number of carbonyl (C=O) groups is 1. The minimum Gasteiger partial charge on any atom is -0.381 e. The second kappa shape index (κ2) is 6.87. The minimum absolute atomic E-state index is 0.0309. The molecule has 0 aromatic heterocycles. The lowest BCUT2D eigenvalue weighted by Crippen LogP contribution is -2.11. The van der Waals surface area contributed by atoms with Crippen LogP contribution in [-0.4, -0.2) is 19.0 Å². The van der Waals surface area contributed by atoms with E-state index in [1.807, 2.05) is 6.92 Å². The van der Waals surface area contributed by atoms with E-state index in [0.717, 1.165) is 6.42 Å². The number of methoxy groups -OCH3 is 1. The van der Waals surface area contributed by atoms with Gasteiger partial charge in [0.2, 0.25) is 0 Å². The summed E-state index contributed by atoms with van der Waals surface area (Å²) >= 11 is 0. The van der Waals surface area contributed by atoms with Gasteiger partial charge in [-0.25, -0.2) is 0 Å². The van der Waals surface area contributed by atoms with Gasteiger partial charge in [0.05, 0.1) is 6.10 Å². The molecule has 0 saturated heterocycles. The Morgan fingerprint density at radius 3 is 2.83 bits per heavy atom. The quantitative estimate of drug-likeness (QED) is 0.446. The van der Waals surface area contributed by atoms with E-state index in [9.17, 15) is 4.79 Å². The largest absolute Gasteiger partial charge is 0.381 e. The molecule has 0 aliphatic carbocycles. The summed E-state index contributed by atoms with van der Waals surface area (Å²) in [6.07, 6.45) is 7.65. The van der Waals surface area contributed by atoms with Crippen LogP contribution in [0.1, 0.15) is 32.6 Å². The maximum Gasteiger partial charge on any atom is 0.135 e. The molecule has 1 unspecified atom stereocenters. The molecule has 0 amide bonds. The second-order valence-electron chi connectivity index (χ2n) is 2.85. The molecule has 2 heteroatoms. The van der Waals surface area contributed by atoms with Crippen molar-refractivity contribution < 1.29 is 9.53 Å². The smallest absolute Gasteiger partial charge is 0.135 e. The Bertz CT molecular complexity index is 167. The van der Waals surface area contributed by atoms with Crippen LogP contribution in [0.2, 0.25) is 0 Å². The van der Waals surface area contributed by atoms with E-state index in [2.05, 4.69) is 5.92 Å². The van der Waals surface area contributed by atoms with E-state index in [0.29, 0.717) is 19.3 Å². The molecule has 0 saturated carbocycles. The molecular weight excluding hydrogens is 152 g/mol. The molecule has 0 heterocycles. The van der Waals surface area contributed by atoms with Crippen LogP contribution >= 0.6 is 0 Å². The van der Waals surface area contributed by atoms with Crippen molar-refractivity contribution in [3.05, 3.63) is 0 Å². The van der Waals surface area contributed by atoms with Crippen LogP contribution in [0.25, 0.3) is 0 Å². The van der Waals surface area contributed by atoms with Gasteiger partial charge in [-0.05, 0) is 13.3 Å². The number of hydrogen-bond acceptors (Lipinski definition) is 2. The molecule has 1 atom stereocenters. The third kappa shape index (κ3) is 5.94. The third-order valence-corrected chi connectivity index (χ3v) is 1.69. The zero-order chi connectivity index (χ0) is 9.40. The van der Waals surface area contributed by atoms with Gasteiger partial charge in [-0.15, -0.1) is 12.3 Å². The number of rotatable bonds is 6. The highest BCUT2D eigenvalue weighted by Gasteiger charge is 2.06. The molecule has 0 aliphatic heterocycles. The fraction of sp³-hybridized carbons (Fsp3) is 0.700. The molecule has 0 aliphatic rings. The lowest BCUT2D eigenvalue weighted by molar-refractivity contribution is -0.121. The first-order valence-corrected chi connectivity index (χ1v) is 4.18. The molecular formula is C10H16O2. The summed E-state index contributed by atoms with van der Waals surface area (Å²) in [4.78, 5) is 11.1. The Kier molecular flexibility index (Phi) is 6.41. The Morgan fingerprint density at radius 1 is 1.67 bits per heavy atom. The highest BCUT2D eigenvalue weighted by Crippen LogP contribution is 2.03. The van der Waals surface area contributed by atoms with E-state index in [1.165, 1.54) is 0 Å². The number of unbranched alkanes of at least 4 members (excludes halogenated alkanes) is 1. The SMILES string of the molecule is C#CCCCC(=O)CC(C)OC. The summed E-state index contributed by atoms with van der Waals surface area (Å²) in [6.45, 7) is 1.89. The molecule has 0 rings (SSSR count). The van der Waals surface area contributed by atoms with Gasteiger partial charge in [0.1, 0.15) is 5.78 Å². The summed E-state index contributed by atoms with van der Waals surface area (Å²) in [6, 6.07) is 0. The molecule has 0 spiro atoms. The van der Waals surface area contributed by atoms with Gasteiger partial charge in [-0.3, -0.25) is 4.79 Å². The molecule has 0 fully saturated rings. The molecule has 0 aromatic rings. The highest BCUT2D eigenvalue weighted by atomic mass is 16.5. The number of carbonyl (C=O) groups excluding carboxylic acids is 1. The van der Waals surface area contributed by atoms with Crippen molar-refractivity contribution in [3.8, 4) is 12.3 Å². The van der Waals surface area contributed by atoms with E-state index in [1.54, 1.807) is 7.11 Å².